The second-order valence-corrected chi connectivity index (χ2v) is 10.6. The molecular weight excluding hydrogens is 474 g/mol. The van der Waals surface area contributed by atoms with Crippen LogP contribution in [0.5, 0.6) is 0 Å². The zero-order valence-corrected chi connectivity index (χ0v) is 22.0. The number of hydrogen-bond donors (Lipinski definition) is 2. The third-order valence-corrected chi connectivity index (χ3v) is 8.00. The van der Waals surface area contributed by atoms with Crippen molar-refractivity contribution in [2.24, 2.45) is 5.73 Å². The van der Waals surface area contributed by atoms with Gasteiger partial charge in [-0.2, -0.15) is 0 Å². The number of carbonyl (C=O) groups is 2. The van der Waals surface area contributed by atoms with Crippen LogP contribution >= 0.6 is 11.3 Å². The van der Waals surface area contributed by atoms with Crippen molar-refractivity contribution in [2.45, 2.75) is 38.4 Å². The molecule has 36 heavy (non-hydrogen) atoms. The highest BCUT2D eigenvalue weighted by molar-refractivity contribution is 7.12. The first kappa shape index (κ1) is 26.8. The predicted octanol–water partition coefficient (Wildman–Crippen LogP) is 1.94. The Kier molecular flexibility index (Phi) is 9.89. The molecule has 9 heteroatoms. The van der Waals surface area contributed by atoms with Crippen molar-refractivity contribution in [1.29, 1.82) is 0 Å². The summed E-state index contributed by atoms with van der Waals surface area (Å²) in [5.41, 5.74) is 8.16. The number of nitrogens with one attached hydrogen (secondary N) is 1. The fourth-order valence-corrected chi connectivity index (χ4v) is 5.72. The molecule has 4 rings (SSSR count). The molecule has 3 heterocycles. The van der Waals surface area contributed by atoms with Crippen LogP contribution < -0.4 is 11.1 Å². The van der Waals surface area contributed by atoms with Crippen molar-refractivity contribution < 1.29 is 14.3 Å². The highest BCUT2D eigenvalue weighted by Gasteiger charge is 2.38. The van der Waals surface area contributed by atoms with Crippen molar-refractivity contribution in [3.63, 3.8) is 0 Å². The minimum atomic E-state index is -0.506. The molecule has 2 aliphatic heterocycles. The summed E-state index contributed by atoms with van der Waals surface area (Å²) in [6, 6.07) is 12.1. The molecule has 1 aromatic heterocycles. The minimum Gasteiger partial charge on any atom is -0.379 e. The summed E-state index contributed by atoms with van der Waals surface area (Å²) in [6.45, 7) is 9.62. The Balaban J connectivity index is 1.51. The Labute approximate surface area is 218 Å². The molecule has 2 fully saturated rings. The maximum absolute atomic E-state index is 13.3. The third kappa shape index (κ3) is 7.14. The van der Waals surface area contributed by atoms with Gasteiger partial charge in [0, 0.05) is 58.4 Å². The number of benzene rings is 1. The molecule has 0 spiro atoms. The number of carbonyl (C=O) groups excluding carboxylic acids is 2. The smallest absolute Gasteiger partial charge is 0.264 e. The molecule has 0 bridgehead atoms. The molecule has 3 N–H and O–H groups in total. The van der Waals surface area contributed by atoms with E-state index in [1.165, 1.54) is 22.5 Å². The van der Waals surface area contributed by atoms with Gasteiger partial charge in [-0.15, -0.1) is 11.3 Å². The number of rotatable bonds is 10. The van der Waals surface area contributed by atoms with Gasteiger partial charge in [-0.05, 0) is 36.8 Å². The van der Waals surface area contributed by atoms with E-state index in [1.807, 2.05) is 17.5 Å². The van der Waals surface area contributed by atoms with Crippen LogP contribution in [0.4, 0.5) is 0 Å². The summed E-state index contributed by atoms with van der Waals surface area (Å²) in [7, 11) is 0. The lowest BCUT2D eigenvalue weighted by atomic mass is 9.94. The number of morpholine rings is 1. The van der Waals surface area contributed by atoms with Crippen molar-refractivity contribution in [2.75, 3.05) is 59.0 Å². The molecule has 2 aliphatic rings. The van der Waals surface area contributed by atoms with Gasteiger partial charge < -0.3 is 20.7 Å². The van der Waals surface area contributed by atoms with Crippen molar-refractivity contribution in [3.8, 4) is 0 Å². The molecule has 2 amide bonds. The van der Waals surface area contributed by atoms with Gasteiger partial charge in [0.1, 0.15) is 6.04 Å². The highest BCUT2D eigenvalue weighted by atomic mass is 32.1. The number of nitrogens with zero attached hydrogens (tertiary/aromatic N) is 3. The van der Waals surface area contributed by atoms with Crippen LogP contribution in [0.25, 0.3) is 0 Å². The average Bonchev–Trinajstić information content (AvgIpc) is 3.46. The first-order valence-electron chi connectivity index (χ1n) is 13.0. The molecular formula is C27H39N5O3S. The van der Waals surface area contributed by atoms with Gasteiger partial charge in [-0.3, -0.25) is 19.4 Å². The summed E-state index contributed by atoms with van der Waals surface area (Å²) < 4.78 is 5.52. The van der Waals surface area contributed by atoms with Gasteiger partial charge in [0.25, 0.3) is 5.91 Å². The van der Waals surface area contributed by atoms with E-state index in [-0.39, 0.29) is 17.9 Å². The van der Waals surface area contributed by atoms with Crippen LogP contribution in [-0.2, 0) is 16.1 Å². The van der Waals surface area contributed by atoms with Gasteiger partial charge in [0.15, 0.2) is 0 Å². The number of ether oxygens (including phenoxy) is 1. The number of piperidine rings is 1. The standard InChI is InChI=1S/C27H39N5O3S/c1-21-4-6-22(7-5-21)20-31(13-12-30-14-16-35-17-15-30)23-8-11-32(27(34)25-3-2-18-36-25)24(19-23)26(33)29-10-9-28/h2-7,18,23-24H,8-17,19-20,28H2,1H3,(H,29,33)/t23?,24-/m1/s1. The Bertz CT molecular complexity index is 962. The normalized spacial score (nSPS) is 21.0. The monoisotopic (exact) mass is 513 g/mol. The Hall–Kier alpha value is -2.30. The molecule has 1 unspecified atom stereocenters. The van der Waals surface area contributed by atoms with Gasteiger partial charge in [-0.1, -0.05) is 35.9 Å². The van der Waals surface area contributed by atoms with Gasteiger partial charge in [-0.25, -0.2) is 0 Å². The Morgan fingerprint density at radius 1 is 1.17 bits per heavy atom. The van der Waals surface area contributed by atoms with Gasteiger partial charge in [0.05, 0.1) is 18.1 Å². The summed E-state index contributed by atoms with van der Waals surface area (Å²) >= 11 is 1.42. The fourth-order valence-electron chi connectivity index (χ4n) is 5.04. The summed E-state index contributed by atoms with van der Waals surface area (Å²) in [6.07, 6.45) is 1.45. The predicted molar refractivity (Wildman–Crippen MR) is 143 cm³/mol. The Morgan fingerprint density at radius 2 is 1.94 bits per heavy atom. The van der Waals surface area contributed by atoms with E-state index in [2.05, 4.69) is 46.3 Å². The van der Waals surface area contributed by atoms with Crippen molar-refractivity contribution >= 4 is 23.2 Å². The quantitative estimate of drug-likeness (QED) is 0.505. The number of hydrogen-bond acceptors (Lipinski definition) is 7. The fraction of sp³-hybridized carbons (Fsp3) is 0.556. The van der Waals surface area contributed by atoms with Crippen LogP contribution in [0.15, 0.2) is 41.8 Å². The summed E-state index contributed by atoms with van der Waals surface area (Å²) in [5, 5.41) is 4.84. The topological polar surface area (TPSA) is 91.1 Å². The molecule has 2 aromatic rings. The first-order chi connectivity index (χ1) is 17.5. The summed E-state index contributed by atoms with van der Waals surface area (Å²) in [4.78, 5) is 33.9. The zero-order chi connectivity index (χ0) is 25.3. The highest BCUT2D eigenvalue weighted by Crippen LogP contribution is 2.27. The van der Waals surface area contributed by atoms with E-state index in [0.717, 1.165) is 52.4 Å². The number of nitrogens with two attached hydrogens (primary N) is 1. The molecule has 0 saturated carbocycles. The number of thiophene rings is 1. The molecule has 2 atom stereocenters. The van der Waals surface area contributed by atoms with E-state index in [0.29, 0.717) is 30.9 Å². The molecule has 8 nitrogen and oxygen atoms in total. The lowest BCUT2D eigenvalue weighted by Crippen LogP contribution is -2.58. The number of amides is 2. The first-order valence-corrected chi connectivity index (χ1v) is 13.8. The summed E-state index contributed by atoms with van der Waals surface area (Å²) in [5.74, 6) is -0.173. The van der Waals surface area contributed by atoms with Crippen LogP contribution in [0.1, 0.15) is 33.6 Å². The maximum Gasteiger partial charge on any atom is 0.264 e. The van der Waals surface area contributed by atoms with Crippen LogP contribution in [-0.4, -0.2) is 97.6 Å². The largest absolute Gasteiger partial charge is 0.379 e. The van der Waals surface area contributed by atoms with Crippen LogP contribution in [0.2, 0.25) is 0 Å². The number of likely N-dealkylation sites (tertiary alicyclic amines) is 1. The molecule has 0 aliphatic carbocycles. The van der Waals surface area contributed by atoms with E-state index in [4.69, 9.17) is 10.5 Å². The molecule has 0 radical (unpaired) electrons. The van der Waals surface area contributed by atoms with E-state index < -0.39 is 6.04 Å². The second kappa shape index (κ2) is 13.3. The third-order valence-electron chi connectivity index (χ3n) is 7.14. The zero-order valence-electron chi connectivity index (χ0n) is 21.2. The van der Waals surface area contributed by atoms with Gasteiger partial charge in [0.2, 0.25) is 5.91 Å². The SMILES string of the molecule is Cc1ccc(CN(CCN2CCOCC2)C2CCN(C(=O)c3cccs3)[C@@H](C(=O)NCCN)C2)cc1. The average molecular weight is 514 g/mol. The molecule has 2 saturated heterocycles. The Morgan fingerprint density at radius 3 is 2.64 bits per heavy atom. The van der Waals surface area contributed by atoms with E-state index >= 15 is 0 Å². The van der Waals surface area contributed by atoms with Gasteiger partial charge >= 0.3 is 0 Å². The van der Waals surface area contributed by atoms with Crippen molar-refractivity contribution in [1.82, 2.24) is 20.0 Å². The minimum absolute atomic E-state index is 0.0604. The van der Waals surface area contributed by atoms with E-state index in [1.54, 1.807) is 4.90 Å². The van der Waals surface area contributed by atoms with Crippen LogP contribution in [0, 0.1) is 6.92 Å². The lowest BCUT2D eigenvalue weighted by Gasteiger charge is -2.43. The lowest BCUT2D eigenvalue weighted by molar-refractivity contribution is -0.127. The van der Waals surface area contributed by atoms with Crippen molar-refractivity contribution in [3.05, 3.63) is 57.8 Å². The van der Waals surface area contributed by atoms with Crippen LogP contribution in [0.3, 0.4) is 0 Å². The number of aryl methyl sites for hydroxylation is 1. The molecule has 1 aromatic carbocycles. The van der Waals surface area contributed by atoms with E-state index in [9.17, 15) is 9.59 Å². The maximum atomic E-state index is 13.3. The molecule has 196 valence electrons. The second-order valence-electron chi connectivity index (χ2n) is 9.66.